The second kappa shape index (κ2) is 4.66. The summed E-state index contributed by atoms with van der Waals surface area (Å²) in [5.74, 6) is -2.92. The number of alkyl halides is 1. The van der Waals surface area contributed by atoms with Crippen LogP contribution in [0.5, 0.6) is 0 Å². The van der Waals surface area contributed by atoms with Crippen molar-refractivity contribution in [3.05, 3.63) is 12.2 Å². The molecule has 0 saturated heterocycles. The third-order valence-electron chi connectivity index (χ3n) is 0.719. The van der Waals surface area contributed by atoms with Crippen molar-refractivity contribution in [1.82, 2.24) is 0 Å². The number of halogens is 3. The van der Waals surface area contributed by atoms with Crippen LogP contribution in [0.2, 0.25) is 0 Å². The van der Waals surface area contributed by atoms with Crippen molar-refractivity contribution in [2.24, 2.45) is 0 Å². The highest BCUT2D eigenvalue weighted by molar-refractivity contribution is 8.08. The zero-order chi connectivity index (χ0) is 8.20. The van der Waals surface area contributed by atoms with Crippen LogP contribution < -0.4 is 0 Å². The molecular weight excluding hydrogens is 213 g/mol. The molecule has 10 heavy (non-hydrogen) atoms. The zero-order valence-corrected chi connectivity index (χ0v) is 8.59. The normalized spacial score (nSPS) is 16.0. The molecule has 5 heteroatoms. The standard InChI is InChI=1S/C5H8Cl3OP/c1-5(6)3-2-4-10(7,8)9/h2-3,5H,4H2,1H3. The smallest absolute Gasteiger partial charge is 0.256 e. The quantitative estimate of drug-likeness (QED) is 0.402. The summed E-state index contributed by atoms with van der Waals surface area (Å²) in [5.41, 5.74) is 0. The Balaban J connectivity index is 3.65. The van der Waals surface area contributed by atoms with E-state index in [4.69, 9.17) is 34.1 Å². The van der Waals surface area contributed by atoms with Crippen LogP contribution in [-0.4, -0.2) is 11.5 Å². The van der Waals surface area contributed by atoms with Gasteiger partial charge in [0.1, 0.15) is 0 Å². The van der Waals surface area contributed by atoms with Crippen LogP contribution in [0.25, 0.3) is 0 Å². The van der Waals surface area contributed by atoms with Crippen molar-refractivity contribution in [3.8, 4) is 0 Å². The first-order chi connectivity index (χ1) is 4.42. The minimum absolute atomic E-state index is 0.0696. The Morgan fingerprint density at radius 1 is 1.60 bits per heavy atom. The number of hydrogen-bond donors (Lipinski definition) is 0. The molecule has 0 aliphatic rings. The van der Waals surface area contributed by atoms with Crippen molar-refractivity contribution in [3.63, 3.8) is 0 Å². The van der Waals surface area contributed by atoms with Crippen LogP contribution in [0.15, 0.2) is 12.2 Å². The molecule has 0 heterocycles. The summed E-state index contributed by atoms with van der Waals surface area (Å²) in [7, 11) is 0. The molecule has 0 aromatic carbocycles. The zero-order valence-electron chi connectivity index (χ0n) is 5.43. The van der Waals surface area contributed by atoms with Gasteiger partial charge in [-0.25, -0.2) is 0 Å². The van der Waals surface area contributed by atoms with E-state index in [0.717, 1.165) is 0 Å². The minimum Gasteiger partial charge on any atom is -0.289 e. The van der Waals surface area contributed by atoms with Gasteiger partial charge in [-0.1, -0.05) is 12.2 Å². The maximum atomic E-state index is 10.6. The molecule has 0 aromatic rings. The predicted octanol–water partition coefficient (Wildman–Crippen LogP) is 3.84. The van der Waals surface area contributed by atoms with Crippen molar-refractivity contribution in [1.29, 1.82) is 0 Å². The lowest BCUT2D eigenvalue weighted by Gasteiger charge is -1.94. The lowest BCUT2D eigenvalue weighted by molar-refractivity contribution is 0.594. The Morgan fingerprint density at radius 2 is 2.10 bits per heavy atom. The van der Waals surface area contributed by atoms with Gasteiger partial charge in [0.05, 0.1) is 0 Å². The van der Waals surface area contributed by atoms with Crippen LogP contribution >= 0.6 is 39.9 Å². The molecule has 1 atom stereocenters. The Kier molecular flexibility index (Phi) is 5.06. The lowest BCUT2D eigenvalue weighted by atomic mass is 10.4. The van der Waals surface area contributed by atoms with E-state index in [1.807, 2.05) is 0 Å². The fourth-order valence-electron chi connectivity index (χ4n) is 0.371. The van der Waals surface area contributed by atoms with E-state index in [9.17, 15) is 4.57 Å². The molecule has 1 nitrogen and oxygen atoms in total. The van der Waals surface area contributed by atoms with Gasteiger partial charge in [-0.3, -0.25) is 4.57 Å². The second-order valence-electron chi connectivity index (χ2n) is 1.86. The molecule has 0 fully saturated rings. The minimum atomic E-state index is -2.92. The average molecular weight is 221 g/mol. The molecule has 0 amide bonds. The van der Waals surface area contributed by atoms with Gasteiger partial charge in [0.25, 0.3) is 5.85 Å². The Morgan fingerprint density at radius 3 is 2.40 bits per heavy atom. The summed E-state index contributed by atoms with van der Waals surface area (Å²) in [6.45, 7) is 1.80. The van der Waals surface area contributed by atoms with E-state index in [1.54, 1.807) is 19.1 Å². The lowest BCUT2D eigenvalue weighted by Crippen LogP contribution is -1.81. The maximum Gasteiger partial charge on any atom is 0.256 e. The van der Waals surface area contributed by atoms with Crippen molar-refractivity contribution in [2.45, 2.75) is 12.3 Å². The van der Waals surface area contributed by atoms with Crippen LogP contribution in [0.1, 0.15) is 6.92 Å². The van der Waals surface area contributed by atoms with Crippen molar-refractivity contribution >= 4 is 39.9 Å². The second-order valence-corrected chi connectivity index (χ2v) is 7.85. The molecule has 0 aromatic heterocycles. The third kappa shape index (κ3) is 8.84. The monoisotopic (exact) mass is 220 g/mol. The van der Waals surface area contributed by atoms with Gasteiger partial charge in [0.2, 0.25) is 0 Å². The van der Waals surface area contributed by atoms with E-state index >= 15 is 0 Å². The van der Waals surface area contributed by atoms with E-state index in [0.29, 0.717) is 0 Å². The largest absolute Gasteiger partial charge is 0.289 e. The summed E-state index contributed by atoms with van der Waals surface area (Å²) in [6, 6.07) is 0. The first kappa shape index (κ1) is 10.8. The predicted molar refractivity (Wildman–Crippen MR) is 48.6 cm³/mol. The highest BCUT2D eigenvalue weighted by Gasteiger charge is 2.09. The fraction of sp³-hybridized carbons (Fsp3) is 0.600. The molecule has 0 rings (SSSR count). The molecule has 0 bridgehead atoms. The Hall–Kier alpha value is 0.840. The highest BCUT2D eigenvalue weighted by Crippen LogP contribution is 2.56. The summed E-state index contributed by atoms with van der Waals surface area (Å²) in [5, 5.41) is -0.0696. The van der Waals surface area contributed by atoms with Gasteiger partial charge in [-0.15, -0.1) is 11.6 Å². The number of hydrogen-bond acceptors (Lipinski definition) is 1. The van der Waals surface area contributed by atoms with Gasteiger partial charge in [0, 0.05) is 11.5 Å². The molecule has 1 unspecified atom stereocenters. The van der Waals surface area contributed by atoms with Crippen LogP contribution in [-0.2, 0) is 4.57 Å². The topological polar surface area (TPSA) is 17.1 Å². The summed E-state index contributed by atoms with van der Waals surface area (Å²) in [6.07, 6.45) is 3.50. The first-order valence-corrected chi connectivity index (χ1v) is 6.85. The van der Waals surface area contributed by atoms with Crippen molar-refractivity contribution in [2.75, 3.05) is 6.16 Å². The van der Waals surface area contributed by atoms with E-state index in [2.05, 4.69) is 0 Å². The van der Waals surface area contributed by atoms with Gasteiger partial charge in [-0.2, -0.15) is 0 Å². The van der Waals surface area contributed by atoms with Crippen LogP contribution in [0, 0.1) is 0 Å². The van der Waals surface area contributed by atoms with Crippen molar-refractivity contribution < 1.29 is 4.57 Å². The summed E-state index contributed by atoms with van der Waals surface area (Å²) >= 11 is 16.0. The van der Waals surface area contributed by atoms with Gasteiger partial charge < -0.3 is 0 Å². The number of allylic oxidation sites excluding steroid dienone is 2. The Bertz CT molecular complexity index is 160. The summed E-state index contributed by atoms with van der Waals surface area (Å²) in [4.78, 5) is 0. The number of rotatable bonds is 3. The molecular formula is C5H8Cl3OP. The Labute approximate surface area is 75.3 Å². The van der Waals surface area contributed by atoms with E-state index < -0.39 is 5.85 Å². The third-order valence-corrected chi connectivity index (χ3v) is 2.33. The summed E-state index contributed by atoms with van der Waals surface area (Å²) < 4.78 is 10.6. The van der Waals surface area contributed by atoms with Crippen LogP contribution in [0.4, 0.5) is 0 Å². The molecule has 0 aliphatic carbocycles. The molecule has 0 N–H and O–H groups in total. The molecule has 60 valence electrons. The van der Waals surface area contributed by atoms with E-state index in [1.165, 1.54) is 0 Å². The van der Waals surface area contributed by atoms with Gasteiger partial charge in [-0.05, 0) is 29.4 Å². The van der Waals surface area contributed by atoms with Gasteiger partial charge in [0.15, 0.2) is 0 Å². The maximum absolute atomic E-state index is 10.6. The van der Waals surface area contributed by atoms with Crippen LogP contribution in [0.3, 0.4) is 0 Å². The highest BCUT2D eigenvalue weighted by atomic mass is 35.9. The SMILES string of the molecule is CC(Cl)C=CCP(=O)(Cl)Cl. The van der Waals surface area contributed by atoms with Gasteiger partial charge >= 0.3 is 0 Å². The molecule has 0 aliphatic heterocycles. The first-order valence-electron chi connectivity index (χ1n) is 2.71. The molecule has 0 spiro atoms. The average Bonchev–Trinajstić information content (AvgIpc) is 1.59. The van der Waals surface area contributed by atoms with E-state index in [-0.39, 0.29) is 11.5 Å². The molecule has 0 saturated carbocycles. The molecule has 0 radical (unpaired) electrons. The fourth-order valence-corrected chi connectivity index (χ4v) is 1.32.